The van der Waals surface area contributed by atoms with Crippen LogP contribution in [0.1, 0.15) is 31.1 Å². The first-order valence-electron chi connectivity index (χ1n) is 5.88. The van der Waals surface area contributed by atoms with Gasteiger partial charge in [0.1, 0.15) is 0 Å². The Kier molecular flexibility index (Phi) is 4.74. The summed E-state index contributed by atoms with van der Waals surface area (Å²) >= 11 is 0. The maximum Gasteiger partial charge on any atom is 0.269 e. The fourth-order valence-corrected chi connectivity index (χ4v) is 1.68. The summed E-state index contributed by atoms with van der Waals surface area (Å²) in [7, 11) is 0. The number of amides is 1. The molecule has 0 aromatic heterocycles. The molecular weight excluding hydrogens is 248 g/mol. The van der Waals surface area contributed by atoms with Crippen LogP contribution in [0.4, 0.5) is 5.69 Å². The molecule has 1 aromatic rings. The second kappa shape index (κ2) is 6.08. The van der Waals surface area contributed by atoms with E-state index in [-0.39, 0.29) is 23.4 Å². The van der Waals surface area contributed by atoms with Crippen LogP contribution < -0.4 is 5.32 Å². The average Bonchev–Trinajstić information content (AvgIpc) is 2.36. The van der Waals surface area contributed by atoms with Gasteiger partial charge < -0.3 is 5.32 Å². The van der Waals surface area contributed by atoms with Gasteiger partial charge >= 0.3 is 0 Å². The Morgan fingerprint density at radius 1 is 1.21 bits per heavy atom. The van der Waals surface area contributed by atoms with Crippen molar-refractivity contribution in [1.29, 1.82) is 0 Å². The Labute approximate surface area is 111 Å². The van der Waals surface area contributed by atoms with Crippen molar-refractivity contribution in [3.8, 4) is 0 Å². The maximum absolute atomic E-state index is 12.1. The molecule has 0 aliphatic heterocycles. The van der Waals surface area contributed by atoms with E-state index in [9.17, 15) is 19.7 Å². The molecule has 1 aromatic carbocycles. The van der Waals surface area contributed by atoms with Crippen LogP contribution in [0.2, 0.25) is 0 Å². The molecular formula is C13H16N2O4. The van der Waals surface area contributed by atoms with E-state index in [1.54, 1.807) is 13.8 Å². The van der Waals surface area contributed by atoms with E-state index in [0.29, 0.717) is 5.56 Å². The lowest BCUT2D eigenvalue weighted by Gasteiger charge is -2.19. The lowest BCUT2D eigenvalue weighted by molar-refractivity contribution is -0.384. The smallest absolute Gasteiger partial charge is 0.269 e. The molecule has 0 radical (unpaired) electrons. The van der Waals surface area contributed by atoms with Crippen LogP contribution in [-0.2, 0) is 4.79 Å². The highest BCUT2D eigenvalue weighted by atomic mass is 16.6. The zero-order valence-electron chi connectivity index (χ0n) is 11.0. The van der Waals surface area contributed by atoms with Gasteiger partial charge in [0.05, 0.1) is 4.92 Å². The molecule has 6 nitrogen and oxygen atoms in total. The number of nitro benzene ring substituents is 1. The number of hydrogen-bond acceptors (Lipinski definition) is 4. The van der Waals surface area contributed by atoms with E-state index in [1.807, 2.05) is 0 Å². The monoisotopic (exact) mass is 264 g/mol. The van der Waals surface area contributed by atoms with E-state index in [1.165, 1.54) is 31.2 Å². The lowest BCUT2D eigenvalue weighted by Crippen LogP contribution is -2.38. The van der Waals surface area contributed by atoms with Crippen molar-refractivity contribution in [1.82, 2.24) is 5.32 Å². The maximum atomic E-state index is 12.1. The van der Waals surface area contributed by atoms with Gasteiger partial charge in [0.15, 0.2) is 5.78 Å². The second-order valence-corrected chi connectivity index (χ2v) is 4.45. The van der Waals surface area contributed by atoms with Crippen LogP contribution in [0.15, 0.2) is 24.3 Å². The Bertz CT molecular complexity index is 496. The van der Waals surface area contributed by atoms with Crippen LogP contribution in [0.3, 0.4) is 0 Å². The van der Waals surface area contributed by atoms with Gasteiger partial charge in [-0.2, -0.15) is 0 Å². The molecule has 0 heterocycles. The van der Waals surface area contributed by atoms with Gasteiger partial charge in [-0.1, -0.05) is 6.92 Å². The summed E-state index contributed by atoms with van der Waals surface area (Å²) in [4.78, 5) is 33.1. The highest BCUT2D eigenvalue weighted by molar-refractivity contribution is 5.98. The summed E-state index contributed by atoms with van der Waals surface area (Å²) in [5.74, 6) is -0.752. The fraction of sp³-hybridized carbons (Fsp3) is 0.385. The van der Waals surface area contributed by atoms with Crippen molar-refractivity contribution in [3.05, 3.63) is 39.9 Å². The number of nitrogens with one attached hydrogen (secondary N) is 1. The third kappa shape index (κ3) is 3.87. The molecule has 0 aliphatic rings. The van der Waals surface area contributed by atoms with Gasteiger partial charge in [0, 0.05) is 36.6 Å². The quantitative estimate of drug-likeness (QED) is 0.500. The first-order chi connectivity index (χ1) is 8.82. The number of carbonyl (C=O) groups excluding carboxylic acids is 2. The summed E-state index contributed by atoms with van der Waals surface area (Å²) in [5, 5.41) is 13.2. The topological polar surface area (TPSA) is 89.3 Å². The van der Waals surface area contributed by atoms with Gasteiger partial charge in [-0.15, -0.1) is 0 Å². The van der Waals surface area contributed by atoms with Gasteiger partial charge in [0.25, 0.3) is 5.69 Å². The van der Waals surface area contributed by atoms with E-state index in [2.05, 4.69) is 5.32 Å². The molecule has 1 rings (SSSR count). The van der Waals surface area contributed by atoms with Crippen LogP contribution in [-0.4, -0.2) is 22.7 Å². The number of non-ortho nitro benzene ring substituents is 1. The Morgan fingerprint density at radius 3 is 2.16 bits per heavy atom. The fourth-order valence-electron chi connectivity index (χ4n) is 1.68. The molecule has 0 saturated carbocycles. The summed E-state index contributed by atoms with van der Waals surface area (Å²) in [6.07, 6.45) is 0. The third-order valence-corrected chi connectivity index (χ3v) is 2.96. The van der Waals surface area contributed by atoms with E-state index >= 15 is 0 Å². The molecule has 0 saturated heterocycles. The molecule has 102 valence electrons. The normalized spacial score (nSPS) is 13.4. The zero-order chi connectivity index (χ0) is 14.6. The molecule has 0 spiro atoms. The molecule has 1 amide bonds. The van der Waals surface area contributed by atoms with Crippen molar-refractivity contribution in [3.63, 3.8) is 0 Å². The highest BCUT2D eigenvalue weighted by Crippen LogP contribution is 2.16. The van der Waals surface area contributed by atoms with Gasteiger partial charge in [-0.05, 0) is 19.1 Å². The number of benzene rings is 1. The van der Waals surface area contributed by atoms with Gasteiger partial charge in [0.2, 0.25) is 5.91 Å². The predicted molar refractivity (Wildman–Crippen MR) is 69.9 cm³/mol. The van der Waals surface area contributed by atoms with Crippen LogP contribution >= 0.6 is 0 Å². The first kappa shape index (κ1) is 14.8. The molecule has 2 atom stereocenters. The number of rotatable bonds is 5. The molecule has 2 unspecified atom stereocenters. The molecule has 6 heteroatoms. The summed E-state index contributed by atoms with van der Waals surface area (Å²) in [6.45, 7) is 4.85. The lowest BCUT2D eigenvalue weighted by atomic mass is 9.93. The number of Topliss-reactive ketones (excluding diaryl/α,β-unsaturated/α-hetero) is 1. The van der Waals surface area contributed by atoms with Crippen molar-refractivity contribution >= 4 is 17.4 Å². The summed E-state index contributed by atoms with van der Waals surface area (Å²) < 4.78 is 0. The minimum Gasteiger partial charge on any atom is -0.353 e. The van der Waals surface area contributed by atoms with Crippen molar-refractivity contribution in [2.24, 2.45) is 5.92 Å². The van der Waals surface area contributed by atoms with Crippen molar-refractivity contribution < 1.29 is 14.5 Å². The third-order valence-electron chi connectivity index (χ3n) is 2.96. The first-order valence-corrected chi connectivity index (χ1v) is 5.88. The van der Waals surface area contributed by atoms with Crippen LogP contribution in [0.25, 0.3) is 0 Å². The molecule has 0 aliphatic carbocycles. The van der Waals surface area contributed by atoms with Crippen molar-refractivity contribution in [2.45, 2.75) is 26.8 Å². The molecule has 1 N–H and O–H groups in total. The number of carbonyl (C=O) groups is 2. The second-order valence-electron chi connectivity index (χ2n) is 4.45. The van der Waals surface area contributed by atoms with Crippen LogP contribution in [0, 0.1) is 16.0 Å². The number of nitro groups is 1. The Morgan fingerprint density at radius 2 is 1.74 bits per heavy atom. The molecule has 0 bridgehead atoms. The standard InChI is InChI=1S/C13H16N2O4/c1-8(9(2)14-10(3)16)13(17)11-4-6-12(7-5-11)15(18)19/h4-9H,1-3H3,(H,14,16). The van der Waals surface area contributed by atoms with E-state index < -0.39 is 10.8 Å². The molecule has 19 heavy (non-hydrogen) atoms. The summed E-state index contributed by atoms with van der Waals surface area (Å²) in [6, 6.07) is 5.15. The predicted octanol–water partition coefficient (Wildman–Crippen LogP) is 1.94. The van der Waals surface area contributed by atoms with Crippen molar-refractivity contribution in [2.75, 3.05) is 0 Å². The average molecular weight is 264 g/mol. The SMILES string of the molecule is CC(=O)NC(C)C(C)C(=O)c1ccc([N+](=O)[O-])cc1. The number of ketones is 1. The largest absolute Gasteiger partial charge is 0.353 e. The zero-order valence-corrected chi connectivity index (χ0v) is 11.0. The summed E-state index contributed by atoms with van der Waals surface area (Å²) in [5.41, 5.74) is 0.342. The minimum absolute atomic E-state index is 0.0564. The van der Waals surface area contributed by atoms with E-state index in [4.69, 9.17) is 0 Å². The van der Waals surface area contributed by atoms with Gasteiger partial charge in [-0.3, -0.25) is 19.7 Å². The van der Waals surface area contributed by atoms with Crippen LogP contribution in [0.5, 0.6) is 0 Å². The minimum atomic E-state index is -0.516. The highest BCUT2D eigenvalue weighted by Gasteiger charge is 2.22. The van der Waals surface area contributed by atoms with E-state index in [0.717, 1.165) is 0 Å². The number of nitrogens with zero attached hydrogens (tertiary/aromatic N) is 1. The Hall–Kier alpha value is -2.24. The Balaban J connectivity index is 2.82. The molecule has 0 fully saturated rings. The number of hydrogen-bond donors (Lipinski definition) is 1. The van der Waals surface area contributed by atoms with Gasteiger partial charge in [-0.25, -0.2) is 0 Å².